The number of benzene rings is 3. The van der Waals surface area contributed by atoms with Crippen LogP contribution in [0.1, 0.15) is 11.1 Å². The highest BCUT2D eigenvalue weighted by Gasteiger charge is 2.10. The molecule has 3 aromatic carbocycles. The van der Waals surface area contributed by atoms with Gasteiger partial charge in [0.2, 0.25) is 0 Å². The number of carbonyl (C=O) groups excluding carboxylic acids is 1. The van der Waals surface area contributed by atoms with Crippen LogP contribution < -0.4 is 10.1 Å². The van der Waals surface area contributed by atoms with Crippen molar-refractivity contribution in [3.8, 4) is 11.8 Å². The molecule has 32 heavy (non-hydrogen) atoms. The zero-order chi connectivity index (χ0) is 23.1. The Balaban J connectivity index is 1.67. The van der Waals surface area contributed by atoms with E-state index < -0.39 is 16.6 Å². The van der Waals surface area contributed by atoms with Gasteiger partial charge in [-0.05, 0) is 65.7 Å². The number of nitro groups is 1. The average molecular weight is 452 g/mol. The van der Waals surface area contributed by atoms with Crippen LogP contribution in [0.5, 0.6) is 5.75 Å². The molecule has 0 saturated heterocycles. The number of hydrogen-bond donors (Lipinski definition) is 1. The predicted molar refractivity (Wildman–Crippen MR) is 119 cm³/mol. The molecule has 0 bridgehead atoms. The average Bonchev–Trinajstić information content (AvgIpc) is 2.78. The summed E-state index contributed by atoms with van der Waals surface area (Å²) in [4.78, 5) is 22.3. The van der Waals surface area contributed by atoms with Gasteiger partial charge in [0.25, 0.3) is 11.6 Å². The lowest BCUT2D eigenvalue weighted by Gasteiger charge is -2.09. The third kappa shape index (κ3) is 5.90. The first-order valence-electron chi connectivity index (χ1n) is 9.20. The number of hydrogen-bond acceptors (Lipinski definition) is 5. The molecule has 0 aliphatic rings. The zero-order valence-electron chi connectivity index (χ0n) is 16.4. The third-order valence-electron chi connectivity index (χ3n) is 4.26. The van der Waals surface area contributed by atoms with Crippen molar-refractivity contribution >= 4 is 40.5 Å². The first-order chi connectivity index (χ1) is 15.4. The van der Waals surface area contributed by atoms with Gasteiger partial charge < -0.3 is 10.1 Å². The lowest BCUT2D eigenvalue weighted by atomic mass is 10.0. The molecule has 7 nitrogen and oxygen atoms in total. The molecular formula is C23H15ClFN3O4. The normalized spacial score (nSPS) is 10.8. The number of amides is 1. The van der Waals surface area contributed by atoms with Gasteiger partial charge in [0.15, 0.2) is 6.61 Å². The maximum atomic E-state index is 12.9. The number of non-ortho nitro benzene ring substituents is 1. The molecular weight excluding hydrogens is 437 g/mol. The number of nitro benzene ring substituents is 1. The Morgan fingerprint density at radius 1 is 1.16 bits per heavy atom. The van der Waals surface area contributed by atoms with E-state index in [4.69, 9.17) is 16.3 Å². The van der Waals surface area contributed by atoms with Gasteiger partial charge in [-0.15, -0.1) is 0 Å². The summed E-state index contributed by atoms with van der Waals surface area (Å²) < 4.78 is 18.3. The number of carbonyl (C=O) groups is 1. The van der Waals surface area contributed by atoms with E-state index in [-0.39, 0.29) is 23.1 Å². The fraction of sp³-hybridized carbons (Fsp3) is 0.0435. The molecule has 0 unspecified atom stereocenters. The summed E-state index contributed by atoms with van der Waals surface area (Å²) in [5, 5.41) is 23.0. The van der Waals surface area contributed by atoms with Crippen molar-refractivity contribution in [1.29, 1.82) is 5.26 Å². The molecule has 0 radical (unpaired) electrons. The summed E-state index contributed by atoms with van der Waals surface area (Å²) in [7, 11) is 0. The second-order valence-corrected chi connectivity index (χ2v) is 6.91. The van der Waals surface area contributed by atoms with Crippen molar-refractivity contribution in [2.45, 2.75) is 0 Å². The number of halogens is 2. The second-order valence-electron chi connectivity index (χ2n) is 6.51. The van der Waals surface area contributed by atoms with Crippen molar-refractivity contribution in [2.75, 3.05) is 11.9 Å². The molecule has 0 saturated carbocycles. The number of nitrogens with zero attached hydrogens (tertiary/aromatic N) is 2. The smallest absolute Gasteiger partial charge is 0.269 e. The maximum absolute atomic E-state index is 12.9. The van der Waals surface area contributed by atoms with Gasteiger partial charge in [0.05, 0.1) is 21.6 Å². The molecule has 0 aliphatic heterocycles. The second kappa shape index (κ2) is 10.2. The van der Waals surface area contributed by atoms with Gasteiger partial charge in [0, 0.05) is 17.8 Å². The van der Waals surface area contributed by atoms with E-state index in [1.54, 1.807) is 24.3 Å². The van der Waals surface area contributed by atoms with E-state index in [1.807, 2.05) is 0 Å². The van der Waals surface area contributed by atoms with Crippen LogP contribution in [0.25, 0.3) is 11.6 Å². The Morgan fingerprint density at radius 2 is 1.84 bits per heavy atom. The Bertz CT molecular complexity index is 1220. The molecule has 160 valence electrons. The van der Waals surface area contributed by atoms with Crippen LogP contribution in [-0.2, 0) is 4.79 Å². The number of allylic oxidation sites excluding steroid dienone is 1. The standard InChI is InChI=1S/C23H15ClFN3O4/c24-21-12-15(11-17(13-26)16-2-8-20(9-3-16)28(30)31)1-10-22(21)32-14-23(29)27-19-6-4-18(25)5-7-19/h1-12H,14H2,(H,27,29)/b17-11-. The van der Waals surface area contributed by atoms with Crippen molar-refractivity contribution in [3.05, 3.63) is 98.8 Å². The summed E-state index contributed by atoms with van der Waals surface area (Å²) in [5.41, 5.74) is 1.78. The topological polar surface area (TPSA) is 105 Å². The Labute approximate surface area is 187 Å². The van der Waals surface area contributed by atoms with Crippen LogP contribution in [0.4, 0.5) is 15.8 Å². The number of rotatable bonds is 7. The highest BCUT2D eigenvalue weighted by Crippen LogP contribution is 2.28. The molecule has 3 rings (SSSR count). The number of nitrogens with one attached hydrogen (secondary N) is 1. The minimum Gasteiger partial charge on any atom is -0.482 e. The van der Waals surface area contributed by atoms with Crippen LogP contribution >= 0.6 is 11.6 Å². The monoisotopic (exact) mass is 451 g/mol. The lowest BCUT2D eigenvalue weighted by Crippen LogP contribution is -2.20. The summed E-state index contributed by atoms with van der Waals surface area (Å²) in [5.74, 6) is -0.582. The van der Waals surface area contributed by atoms with E-state index in [9.17, 15) is 24.6 Å². The molecule has 0 aromatic heterocycles. The van der Waals surface area contributed by atoms with E-state index >= 15 is 0 Å². The number of nitriles is 1. The van der Waals surface area contributed by atoms with Crippen molar-refractivity contribution in [1.82, 2.24) is 0 Å². The van der Waals surface area contributed by atoms with Crippen molar-refractivity contribution in [3.63, 3.8) is 0 Å². The molecule has 1 N–H and O–H groups in total. The molecule has 3 aromatic rings. The largest absolute Gasteiger partial charge is 0.482 e. The van der Waals surface area contributed by atoms with Crippen LogP contribution in [0.2, 0.25) is 5.02 Å². The van der Waals surface area contributed by atoms with Crippen LogP contribution in [0, 0.1) is 27.3 Å². The summed E-state index contributed by atoms with van der Waals surface area (Å²) in [6.45, 7) is -0.307. The third-order valence-corrected chi connectivity index (χ3v) is 4.56. The maximum Gasteiger partial charge on any atom is 0.269 e. The van der Waals surface area contributed by atoms with Crippen LogP contribution in [0.3, 0.4) is 0 Å². The highest BCUT2D eigenvalue weighted by molar-refractivity contribution is 6.32. The van der Waals surface area contributed by atoms with Gasteiger partial charge in [-0.1, -0.05) is 17.7 Å². The minimum atomic E-state index is -0.516. The summed E-state index contributed by atoms with van der Waals surface area (Å²) >= 11 is 6.23. The van der Waals surface area contributed by atoms with Crippen LogP contribution in [0.15, 0.2) is 66.7 Å². The summed E-state index contributed by atoms with van der Waals surface area (Å²) in [6, 6.07) is 17.8. The zero-order valence-corrected chi connectivity index (χ0v) is 17.2. The molecule has 1 amide bonds. The molecule has 0 atom stereocenters. The molecule has 9 heteroatoms. The van der Waals surface area contributed by atoms with Gasteiger partial charge in [-0.25, -0.2) is 4.39 Å². The van der Waals surface area contributed by atoms with E-state index in [2.05, 4.69) is 11.4 Å². The lowest BCUT2D eigenvalue weighted by molar-refractivity contribution is -0.384. The Kier molecular flexibility index (Phi) is 7.16. The SMILES string of the molecule is N#C/C(=C/c1ccc(OCC(=O)Nc2ccc(F)cc2)c(Cl)c1)c1ccc([N+](=O)[O-])cc1. The fourth-order valence-corrected chi connectivity index (χ4v) is 2.95. The van der Waals surface area contributed by atoms with Gasteiger partial charge in [-0.3, -0.25) is 14.9 Å². The molecule has 0 fully saturated rings. The number of anilines is 1. The van der Waals surface area contributed by atoms with Gasteiger partial charge in [0.1, 0.15) is 11.6 Å². The fourth-order valence-electron chi connectivity index (χ4n) is 2.71. The first kappa shape index (κ1) is 22.5. The molecule has 0 heterocycles. The van der Waals surface area contributed by atoms with Crippen LogP contribution in [-0.4, -0.2) is 17.4 Å². The Hall–Kier alpha value is -4.22. The van der Waals surface area contributed by atoms with E-state index in [0.717, 1.165) is 0 Å². The molecule has 0 aliphatic carbocycles. The molecule has 0 spiro atoms. The predicted octanol–water partition coefficient (Wildman–Crippen LogP) is 5.47. The van der Waals surface area contributed by atoms with Crippen molar-refractivity contribution in [2.24, 2.45) is 0 Å². The highest BCUT2D eigenvalue weighted by atomic mass is 35.5. The summed E-state index contributed by atoms with van der Waals surface area (Å²) in [6.07, 6.45) is 1.58. The van der Waals surface area contributed by atoms with Gasteiger partial charge >= 0.3 is 0 Å². The quantitative estimate of drug-likeness (QED) is 0.222. The minimum absolute atomic E-state index is 0.0703. The van der Waals surface area contributed by atoms with Gasteiger partial charge in [-0.2, -0.15) is 5.26 Å². The van der Waals surface area contributed by atoms with E-state index in [1.165, 1.54) is 48.5 Å². The first-order valence-corrected chi connectivity index (χ1v) is 9.58. The van der Waals surface area contributed by atoms with E-state index in [0.29, 0.717) is 22.4 Å². The Morgan fingerprint density at radius 3 is 2.44 bits per heavy atom. The van der Waals surface area contributed by atoms with Crippen molar-refractivity contribution < 1.29 is 18.8 Å². The number of ether oxygens (including phenoxy) is 1.